The lowest BCUT2D eigenvalue weighted by Crippen LogP contribution is -3.12. The van der Waals surface area contributed by atoms with Gasteiger partial charge in [0, 0.05) is 12.4 Å². The van der Waals surface area contributed by atoms with Crippen molar-refractivity contribution in [2.45, 2.75) is 13.8 Å². The van der Waals surface area contributed by atoms with Gasteiger partial charge >= 0.3 is 0 Å². The van der Waals surface area contributed by atoms with Crippen LogP contribution in [0, 0.1) is 0 Å². The lowest BCUT2D eigenvalue weighted by Gasteiger charge is -2.16. The SMILES string of the molecule is CC[NH+](CC)CCNc1ncnc2c3ccccc3n(C)c12. The number of anilines is 1. The molecule has 0 aliphatic carbocycles. The number of benzene rings is 1. The van der Waals surface area contributed by atoms with E-state index in [1.54, 1.807) is 11.2 Å². The molecule has 0 aliphatic rings. The highest BCUT2D eigenvalue weighted by molar-refractivity contribution is 6.08. The van der Waals surface area contributed by atoms with E-state index >= 15 is 0 Å². The van der Waals surface area contributed by atoms with Crippen LogP contribution in [0.2, 0.25) is 0 Å². The largest absolute Gasteiger partial charge is 0.363 e. The predicted octanol–water partition coefficient (Wildman–Crippen LogP) is 1.46. The van der Waals surface area contributed by atoms with Gasteiger partial charge in [0.15, 0.2) is 5.82 Å². The van der Waals surface area contributed by atoms with Gasteiger partial charge in [-0.2, -0.15) is 0 Å². The lowest BCUT2D eigenvalue weighted by molar-refractivity contribution is -0.894. The smallest absolute Gasteiger partial charge is 0.154 e. The summed E-state index contributed by atoms with van der Waals surface area (Å²) in [5, 5.41) is 4.68. The van der Waals surface area contributed by atoms with E-state index in [0.717, 1.165) is 43.0 Å². The van der Waals surface area contributed by atoms with Crippen LogP contribution < -0.4 is 10.2 Å². The van der Waals surface area contributed by atoms with Gasteiger partial charge in [0.25, 0.3) is 0 Å². The van der Waals surface area contributed by atoms with E-state index in [9.17, 15) is 0 Å². The van der Waals surface area contributed by atoms with Gasteiger partial charge in [0.1, 0.15) is 17.4 Å². The van der Waals surface area contributed by atoms with Crippen LogP contribution in [0.1, 0.15) is 13.8 Å². The molecule has 0 spiro atoms. The van der Waals surface area contributed by atoms with Crippen molar-refractivity contribution >= 4 is 27.8 Å². The summed E-state index contributed by atoms with van der Waals surface area (Å²) in [4.78, 5) is 10.5. The predicted molar refractivity (Wildman–Crippen MR) is 91.4 cm³/mol. The van der Waals surface area contributed by atoms with Crippen molar-refractivity contribution in [1.82, 2.24) is 14.5 Å². The van der Waals surface area contributed by atoms with Crippen LogP contribution in [0.3, 0.4) is 0 Å². The van der Waals surface area contributed by atoms with E-state index in [4.69, 9.17) is 0 Å². The summed E-state index contributed by atoms with van der Waals surface area (Å²) < 4.78 is 2.18. The van der Waals surface area contributed by atoms with E-state index in [1.807, 2.05) is 0 Å². The minimum Gasteiger partial charge on any atom is -0.363 e. The number of quaternary nitrogens is 1. The Morgan fingerprint density at radius 3 is 2.68 bits per heavy atom. The summed E-state index contributed by atoms with van der Waals surface area (Å²) in [5.41, 5.74) is 3.29. The fourth-order valence-corrected chi connectivity index (χ4v) is 3.07. The molecule has 1 aromatic carbocycles. The first-order valence-corrected chi connectivity index (χ1v) is 8.01. The molecule has 2 aromatic heterocycles. The summed E-state index contributed by atoms with van der Waals surface area (Å²) in [7, 11) is 2.08. The first-order valence-electron chi connectivity index (χ1n) is 8.01. The maximum absolute atomic E-state index is 4.49. The maximum Gasteiger partial charge on any atom is 0.154 e. The monoisotopic (exact) mass is 298 g/mol. The fourth-order valence-electron chi connectivity index (χ4n) is 3.07. The summed E-state index contributed by atoms with van der Waals surface area (Å²) >= 11 is 0. The third-order valence-electron chi connectivity index (χ3n) is 4.45. The third-order valence-corrected chi connectivity index (χ3v) is 4.45. The standard InChI is InChI=1S/C17H23N5/c1-4-22(5-2)11-10-18-17-16-15(19-12-20-17)13-8-6-7-9-14(13)21(16)3/h6-9,12H,4-5,10-11H2,1-3H3,(H,18,19,20)/p+1. The molecular weight excluding hydrogens is 274 g/mol. The van der Waals surface area contributed by atoms with Gasteiger partial charge < -0.3 is 14.8 Å². The molecule has 0 radical (unpaired) electrons. The maximum atomic E-state index is 4.49. The van der Waals surface area contributed by atoms with E-state index < -0.39 is 0 Å². The first kappa shape index (κ1) is 14.8. The molecule has 0 bridgehead atoms. The van der Waals surface area contributed by atoms with Gasteiger partial charge in [-0.05, 0) is 19.9 Å². The second kappa shape index (κ2) is 6.32. The zero-order chi connectivity index (χ0) is 15.5. The van der Waals surface area contributed by atoms with Crippen molar-refractivity contribution in [2.75, 3.05) is 31.5 Å². The van der Waals surface area contributed by atoms with Crippen LogP contribution in [-0.2, 0) is 7.05 Å². The molecule has 0 saturated heterocycles. The minimum absolute atomic E-state index is 0.921. The Bertz CT molecular complexity index is 773. The van der Waals surface area contributed by atoms with E-state index in [-0.39, 0.29) is 0 Å². The number of hydrogen-bond donors (Lipinski definition) is 2. The average molecular weight is 298 g/mol. The summed E-state index contributed by atoms with van der Waals surface area (Å²) in [6.07, 6.45) is 1.65. The van der Waals surface area contributed by atoms with Crippen LogP contribution in [-0.4, -0.2) is 40.7 Å². The van der Waals surface area contributed by atoms with Crippen LogP contribution in [0.5, 0.6) is 0 Å². The molecule has 3 aromatic rings. The highest BCUT2D eigenvalue weighted by Crippen LogP contribution is 2.29. The van der Waals surface area contributed by atoms with E-state index in [0.29, 0.717) is 0 Å². The Hall–Kier alpha value is -2.14. The Morgan fingerprint density at radius 2 is 1.91 bits per heavy atom. The summed E-state index contributed by atoms with van der Waals surface area (Å²) in [6.45, 7) is 8.79. The van der Waals surface area contributed by atoms with Gasteiger partial charge in [-0.25, -0.2) is 9.97 Å². The molecule has 0 aliphatic heterocycles. The average Bonchev–Trinajstić information content (AvgIpc) is 2.86. The molecule has 0 fully saturated rings. The van der Waals surface area contributed by atoms with Gasteiger partial charge in [-0.3, -0.25) is 0 Å². The molecule has 116 valence electrons. The molecular formula is C17H24N5+. The molecule has 2 heterocycles. The van der Waals surface area contributed by atoms with Gasteiger partial charge in [-0.1, -0.05) is 18.2 Å². The number of aryl methyl sites for hydroxylation is 1. The number of fused-ring (bicyclic) bond motifs is 3. The van der Waals surface area contributed by atoms with Gasteiger partial charge in [0.05, 0.1) is 31.7 Å². The zero-order valence-corrected chi connectivity index (χ0v) is 13.6. The van der Waals surface area contributed by atoms with E-state index in [2.05, 4.69) is 65.0 Å². The Kier molecular flexibility index (Phi) is 4.24. The lowest BCUT2D eigenvalue weighted by atomic mass is 10.2. The van der Waals surface area contributed by atoms with Crippen molar-refractivity contribution in [1.29, 1.82) is 0 Å². The third kappa shape index (κ3) is 2.52. The Morgan fingerprint density at radius 1 is 1.14 bits per heavy atom. The highest BCUT2D eigenvalue weighted by Gasteiger charge is 2.13. The van der Waals surface area contributed by atoms with Gasteiger partial charge in [0.2, 0.25) is 0 Å². The van der Waals surface area contributed by atoms with E-state index in [1.165, 1.54) is 10.9 Å². The normalized spacial score (nSPS) is 11.6. The number of likely N-dealkylation sites (N-methyl/N-ethyl adjacent to an activating group) is 1. The van der Waals surface area contributed by atoms with Crippen molar-refractivity contribution in [3.05, 3.63) is 30.6 Å². The van der Waals surface area contributed by atoms with Crippen molar-refractivity contribution in [3.63, 3.8) is 0 Å². The molecule has 2 N–H and O–H groups in total. The topological polar surface area (TPSA) is 47.2 Å². The molecule has 0 unspecified atom stereocenters. The molecule has 0 amide bonds. The number of para-hydroxylation sites is 1. The van der Waals surface area contributed by atoms with Crippen molar-refractivity contribution in [3.8, 4) is 0 Å². The zero-order valence-electron chi connectivity index (χ0n) is 13.6. The molecule has 0 atom stereocenters. The summed E-state index contributed by atoms with van der Waals surface area (Å²) in [6, 6.07) is 8.36. The van der Waals surface area contributed by atoms with Crippen molar-refractivity contribution in [2.24, 2.45) is 7.05 Å². The fraction of sp³-hybridized carbons (Fsp3) is 0.412. The number of aromatic nitrogens is 3. The molecule has 5 heteroatoms. The molecule has 0 saturated carbocycles. The summed E-state index contributed by atoms with van der Waals surface area (Å²) in [5.74, 6) is 0.926. The highest BCUT2D eigenvalue weighted by atomic mass is 15.1. The van der Waals surface area contributed by atoms with Crippen LogP contribution >= 0.6 is 0 Å². The minimum atomic E-state index is 0.921. The Labute approximate surface area is 131 Å². The molecule has 5 nitrogen and oxygen atoms in total. The number of rotatable bonds is 6. The van der Waals surface area contributed by atoms with Crippen molar-refractivity contribution < 1.29 is 4.90 Å². The van der Waals surface area contributed by atoms with Gasteiger partial charge in [-0.15, -0.1) is 0 Å². The quantitative estimate of drug-likeness (QED) is 0.724. The second-order valence-corrected chi connectivity index (χ2v) is 5.63. The molecule has 22 heavy (non-hydrogen) atoms. The first-order chi connectivity index (χ1) is 10.8. The number of nitrogens with zero attached hydrogens (tertiary/aromatic N) is 3. The molecule has 3 rings (SSSR count). The second-order valence-electron chi connectivity index (χ2n) is 5.63. The van der Waals surface area contributed by atoms with Crippen LogP contribution in [0.4, 0.5) is 5.82 Å². The Balaban J connectivity index is 1.93. The van der Waals surface area contributed by atoms with Crippen LogP contribution in [0.15, 0.2) is 30.6 Å². The number of hydrogen-bond acceptors (Lipinski definition) is 3. The van der Waals surface area contributed by atoms with Crippen LogP contribution in [0.25, 0.3) is 21.9 Å². The number of nitrogens with one attached hydrogen (secondary N) is 2.